The summed E-state index contributed by atoms with van der Waals surface area (Å²) >= 11 is 0. The van der Waals surface area contributed by atoms with E-state index in [0.717, 1.165) is 5.56 Å². The summed E-state index contributed by atoms with van der Waals surface area (Å²) in [6, 6.07) is 11.8. The van der Waals surface area contributed by atoms with E-state index < -0.39 is 11.9 Å². The van der Waals surface area contributed by atoms with Gasteiger partial charge in [0.15, 0.2) is 11.5 Å². The first kappa shape index (κ1) is 17.8. The molecule has 0 saturated heterocycles. The first-order valence-electron chi connectivity index (χ1n) is 8.67. The molecule has 1 atom stereocenters. The number of carbonyl (C=O) groups excluding carboxylic acids is 2. The van der Waals surface area contributed by atoms with Gasteiger partial charge in [-0.3, -0.25) is 14.5 Å². The van der Waals surface area contributed by atoms with E-state index in [9.17, 15) is 9.59 Å². The normalized spacial score (nSPS) is 15.5. The largest absolute Gasteiger partial charge is 0.490 e. The maximum absolute atomic E-state index is 13.2. The summed E-state index contributed by atoms with van der Waals surface area (Å²) in [5.41, 5.74) is 7.61. The van der Waals surface area contributed by atoms with Crippen LogP contribution in [0.4, 0.5) is 5.69 Å². The Morgan fingerprint density at radius 1 is 1.08 bits per heavy atom. The van der Waals surface area contributed by atoms with Crippen molar-refractivity contribution >= 4 is 17.5 Å². The predicted octanol–water partition coefficient (Wildman–Crippen LogP) is 2.54. The number of rotatable bonds is 6. The zero-order chi connectivity index (χ0) is 18.7. The fourth-order valence-corrected chi connectivity index (χ4v) is 3.19. The molecule has 136 valence electrons. The van der Waals surface area contributed by atoms with Crippen molar-refractivity contribution in [3.8, 4) is 11.5 Å². The number of para-hydroxylation sites is 1. The van der Waals surface area contributed by atoms with Gasteiger partial charge in [0.05, 0.1) is 13.2 Å². The number of ether oxygens (including phenoxy) is 2. The Labute approximate surface area is 152 Å². The average molecular weight is 354 g/mol. The monoisotopic (exact) mass is 354 g/mol. The van der Waals surface area contributed by atoms with Crippen molar-refractivity contribution < 1.29 is 19.1 Å². The zero-order valence-electron chi connectivity index (χ0n) is 14.9. The molecule has 0 spiro atoms. The third kappa shape index (κ3) is 3.22. The third-order valence-electron chi connectivity index (χ3n) is 4.31. The molecule has 1 heterocycles. The number of nitrogens with two attached hydrogens (primary N) is 1. The minimum atomic E-state index is -0.693. The van der Waals surface area contributed by atoms with E-state index in [4.69, 9.17) is 15.2 Å². The zero-order valence-corrected chi connectivity index (χ0v) is 14.9. The fourth-order valence-electron chi connectivity index (χ4n) is 3.19. The Morgan fingerprint density at radius 3 is 2.46 bits per heavy atom. The Morgan fingerprint density at radius 2 is 1.77 bits per heavy atom. The molecule has 2 aromatic carbocycles. The summed E-state index contributed by atoms with van der Waals surface area (Å²) in [6.07, 6.45) is 0.423. The summed E-state index contributed by atoms with van der Waals surface area (Å²) in [4.78, 5) is 26.6. The Bertz CT molecular complexity index is 834. The second-order valence-electron chi connectivity index (χ2n) is 5.95. The molecule has 0 fully saturated rings. The van der Waals surface area contributed by atoms with Gasteiger partial charge in [0, 0.05) is 17.7 Å². The molecular formula is C20H22N2O4. The van der Waals surface area contributed by atoms with Gasteiger partial charge >= 0.3 is 0 Å². The lowest BCUT2D eigenvalue weighted by Gasteiger charge is -2.24. The predicted molar refractivity (Wildman–Crippen MR) is 98.7 cm³/mol. The van der Waals surface area contributed by atoms with Crippen LogP contribution in [0.3, 0.4) is 0 Å². The lowest BCUT2D eigenvalue weighted by atomic mass is 10.1. The lowest BCUT2D eigenvalue weighted by Crippen LogP contribution is -2.46. The van der Waals surface area contributed by atoms with Crippen molar-refractivity contribution in [1.29, 1.82) is 0 Å². The van der Waals surface area contributed by atoms with Crippen LogP contribution in [0.15, 0.2) is 42.5 Å². The molecule has 2 amide bonds. The standard InChI is InChI=1S/C20H22N2O4/c1-3-25-17-10-9-14(12-18(17)26-4-2)20(24)22-15-8-6-5-7-13(15)11-16(22)19(21)23/h5-10,12,16H,3-4,11H2,1-2H3,(H2,21,23)/t16-/m1/s1. The summed E-state index contributed by atoms with van der Waals surface area (Å²) < 4.78 is 11.1. The maximum atomic E-state index is 13.2. The summed E-state index contributed by atoms with van der Waals surface area (Å²) in [6.45, 7) is 4.70. The van der Waals surface area contributed by atoms with Crippen LogP contribution in [0.5, 0.6) is 11.5 Å². The van der Waals surface area contributed by atoms with Gasteiger partial charge in [-0.05, 0) is 43.7 Å². The van der Waals surface area contributed by atoms with E-state index in [2.05, 4.69) is 0 Å². The molecule has 26 heavy (non-hydrogen) atoms. The highest BCUT2D eigenvalue weighted by Gasteiger charge is 2.37. The van der Waals surface area contributed by atoms with Gasteiger partial charge in [0.2, 0.25) is 5.91 Å². The molecule has 0 radical (unpaired) electrons. The van der Waals surface area contributed by atoms with Crippen LogP contribution in [0.2, 0.25) is 0 Å². The summed E-state index contributed by atoms with van der Waals surface area (Å²) in [5.74, 6) is 0.274. The first-order valence-corrected chi connectivity index (χ1v) is 8.67. The SMILES string of the molecule is CCOc1ccc(C(=O)N2c3ccccc3C[C@@H]2C(N)=O)cc1OCC. The lowest BCUT2D eigenvalue weighted by molar-refractivity contribution is -0.119. The fraction of sp³-hybridized carbons (Fsp3) is 0.300. The Kier molecular flexibility index (Phi) is 5.11. The Balaban J connectivity index is 1.99. The summed E-state index contributed by atoms with van der Waals surface area (Å²) in [5, 5.41) is 0. The van der Waals surface area contributed by atoms with Crippen LogP contribution in [-0.2, 0) is 11.2 Å². The molecule has 0 saturated carbocycles. The molecular weight excluding hydrogens is 332 g/mol. The van der Waals surface area contributed by atoms with Gasteiger partial charge in [-0.15, -0.1) is 0 Å². The molecule has 2 aromatic rings. The second kappa shape index (κ2) is 7.47. The molecule has 3 rings (SSSR count). The van der Waals surface area contributed by atoms with Crippen LogP contribution < -0.4 is 20.1 Å². The Hall–Kier alpha value is -3.02. The van der Waals surface area contributed by atoms with Gasteiger partial charge in [-0.25, -0.2) is 0 Å². The second-order valence-corrected chi connectivity index (χ2v) is 5.95. The van der Waals surface area contributed by atoms with Gasteiger partial charge in [-0.1, -0.05) is 18.2 Å². The molecule has 0 bridgehead atoms. The minimum Gasteiger partial charge on any atom is -0.490 e. The first-order chi connectivity index (χ1) is 12.6. The van der Waals surface area contributed by atoms with Crippen LogP contribution in [0, 0.1) is 0 Å². The van der Waals surface area contributed by atoms with E-state index in [-0.39, 0.29) is 5.91 Å². The molecule has 1 aliphatic heterocycles. The smallest absolute Gasteiger partial charge is 0.259 e. The van der Waals surface area contributed by atoms with Crippen molar-refractivity contribution in [2.75, 3.05) is 18.1 Å². The average Bonchev–Trinajstić information content (AvgIpc) is 3.03. The topological polar surface area (TPSA) is 81.9 Å². The highest BCUT2D eigenvalue weighted by atomic mass is 16.5. The van der Waals surface area contributed by atoms with Crippen molar-refractivity contribution in [2.45, 2.75) is 26.3 Å². The number of benzene rings is 2. The molecule has 2 N–H and O–H groups in total. The molecule has 0 aromatic heterocycles. The van der Waals surface area contributed by atoms with Crippen molar-refractivity contribution in [1.82, 2.24) is 0 Å². The van der Waals surface area contributed by atoms with Crippen molar-refractivity contribution in [3.05, 3.63) is 53.6 Å². The van der Waals surface area contributed by atoms with Crippen LogP contribution in [-0.4, -0.2) is 31.1 Å². The van der Waals surface area contributed by atoms with Gasteiger partial charge in [0.1, 0.15) is 6.04 Å². The molecule has 6 nitrogen and oxygen atoms in total. The summed E-state index contributed by atoms with van der Waals surface area (Å²) in [7, 11) is 0. The maximum Gasteiger partial charge on any atom is 0.259 e. The quantitative estimate of drug-likeness (QED) is 0.864. The number of hydrogen-bond donors (Lipinski definition) is 1. The molecule has 1 aliphatic rings. The van der Waals surface area contributed by atoms with E-state index in [1.165, 1.54) is 4.90 Å². The number of fused-ring (bicyclic) bond motifs is 1. The third-order valence-corrected chi connectivity index (χ3v) is 4.31. The van der Waals surface area contributed by atoms with Gasteiger partial charge in [0.25, 0.3) is 5.91 Å². The van der Waals surface area contributed by atoms with Crippen LogP contribution in [0.25, 0.3) is 0 Å². The van der Waals surface area contributed by atoms with E-state index >= 15 is 0 Å². The van der Waals surface area contributed by atoms with E-state index in [1.54, 1.807) is 18.2 Å². The number of carbonyl (C=O) groups is 2. The van der Waals surface area contributed by atoms with Crippen LogP contribution in [0.1, 0.15) is 29.8 Å². The highest BCUT2D eigenvalue weighted by molar-refractivity contribution is 6.11. The number of anilines is 1. The molecule has 0 aliphatic carbocycles. The molecule has 6 heteroatoms. The van der Waals surface area contributed by atoms with Crippen molar-refractivity contribution in [3.63, 3.8) is 0 Å². The highest BCUT2D eigenvalue weighted by Crippen LogP contribution is 2.35. The van der Waals surface area contributed by atoms with E-state index in [1.807, 2.05) is 38.1 Å². The molecule has 0 unspecified atom stereocenters. The van der Waals surface area contributed by atoms with Gasteiger partial charge in [-0.2, -0.15) is 0 Å². The van der Waals surface area contributed by atoms with Crippen LogP contribution >= 0.6 is 0 Å². The number of nitrogens with zero attached hydrogens (tertiary/aromatic N) is 1. The number of amides is 2. The van der Waals surface area contributed by atoms with E-state index in [0.29, 0.717) is 42.4 Å². The van der Waals surface area contributed by atoms with Gasteiger partial charge < -0.3 is 15.2 Å². The minimum absolute atomic E-state index is 0.289. The van der Waals surface area contributed by atoms with Crippen molar-refractivity contribution in [2.24, 2.45) is 5.73 Å². The number of hydrogen-bond acceptors (Lipinski definition) is 4. The number of primary amides is 1.